The molecular weight excluding hydrogens is 256 g/mol. The van der Waals surface area contributed by atoms with Crippen molar-refractivity contribution in [2.24, 2.45) is 5.41 Å². The van der Waals surface area contributed by atoms with E-state index in [4.69, 9.17) is 10.5 Å². The van der Waals surface area contributed by atoms with Gasteiger partial charge in [-0.2, -0.15) is 15.1 Å². The van der Waals surface area contributed by atoms with Crippen LogP contribution < -0.4 is 11.1 Å². The predicted molar refractivity (Wildman–Crippen MR) is 77.3 cm³/mol. The number of H-pyrrole nitrogens is 1. The SMILES string of the molecule is CCOC1CC(Nc2nc(N)nc3[nH]ncc23)C1(C)C. The van der Waals surface area contributed by atoms with E-state index in [2.05, 4.69) is 39.3 Å². The van der Waals surface area contributed by atoms with E-state index in [1.807, 2.05) is 6.92 Å². The van der Waals surface area contributed by atoms with Gasteiger partial charge in [0.1, 0.15) is 5.82 Å². The van der Waals surface area contributed by atoms with Gasteiger partial charge in [-0.05, 0) is 13.3 Å². The number of fused-ring (bicyclic) bond motifs is 1. The summed E-state index contributed by atoms with van der Waals surface area (Å²) >= 11 is 0. The van der Waals surface area contributed by atoms with E-state index >= 15 is 0 Å². The number of rotatable bonds is 4. The fourth-order valence-electron chi connectivity index (χ4n) is 2.74. The average Bonchev–Trinajstić information content (AvgIpc) is 2.85. The van der Waals surface area contributed by atoms with Crippen LogP contribution in [0.5, 0.6) is 0 Å². The maximum Gasteiger partial charge on any atom is 0.224 e. The maximum absolute atomic E-state index is 5.74. The summed E-state index contributed by atoms with van der Waals surface area (Å²) < 4.78 is 5.74. The predicted octanol–water partition coefficient (Wildman–Crippen LogP) is 1.55. The number of hydrogen-bond acceptors (Lipinski definition) is 6. The quantitative estimate of drug-likeness (QED) is 0.783. The van der Waals surface area contributed by atoms with Crippen molar-refractivity contribution in [3.63, 3.8) is 0 Å². The molecule has 4 N–H and O–H groups in total. The molecule has 2 atom stereocenters. The maximum atomic E-state index is 5.74. The van der Waals surface area contributed by atoms with Crippen molar-refractivity contribution in [2.75, 3.05) is 17.7 Å². The molecule has 20 heavy (non-hydrogen) atoms. The van der Waals surface area contributed by atoms with Gasteiger partial charge >= 0.3 is 0 Å². The molecule has 3 rings (SSSR count). The first-order valence-electron chi connectivity index (χ1n) is 6.87. The molecule has 2 aromatic rings. The summed E-state index contributed by atoms with van der Waals surface area (Å²) in [6.45, 7) is 7.17. The third-order valence-electron chi connectivity index (χ3n) is 4.18. The second kappa shape index (κ2) is 4.59. The van der Waals surface area contributed by atoms with E-state index < -0.39 is 0 Å². The molecule has 1 fully saturated rings. The van der Waals surface area contributed by atoms with Crippen LogP contribution >= 0.6 is 0 Å². The monoisotopic (exact) mass is 276 g/mol. The Morgan fingerprint density at radius 3 is 3.00 bits per heavy atom. The summed E-state index contributed by atoms with van der Waals surface area (Å²) in [6.07, 6.45) is 2.96. The van der Waals surface area contributed by atoms with Gasteiger partial charge in [-0.3, -0.25) is 5.10 Å². The molecule has 1 aliphatic carbocycles. The molecule has 0 amide bonds. The van der Waals surface area contributed by atoms with Crippen molar-refractivity contribution in [1.82, 2.24) is 20.2 Å². The molecule has 0 bridgehead atoms. The number of nitrogens with two attached hydrogens (primary N) is 1. The highest BCUT2D eigenvalue weighted by atomic mass is 16.5. The largest absolute Gasteiger partial charge is 0.378 e. The molecule has 7 nitrogen and oxygen atoms in total. The molecule has 0 aliphatic heterocycles. The lowest BCUT2D eigenvalue weighted by Gasteiger charge is -2.51. The third kappa shape index (κ3) is 1.98. The van der Waals surface area contributed by atoms with Crippen LogP contribution in [-0.2, 0) is 4.74 Å². The fourth-order valence-corrected chi connectivity index (χ4v) is 2.74. The second-order valence-electron chi connectivity index (χ2n) is 5.76. The Kier molecular flexibility index (Phi) is 3.01. The number of aromatic amines is 1. The highest BCUT2D eigenvalue weighted by Gasteiger charge is 2.49. The zero-order valence-corrected chi connectivity index (χ0v) is 12.0. The first kappa shape index (κ1) is 13.1. The van der Waals surface area contributed by atoms with Crippen molar-refractivity contribution in [3.8, 4) is 0 Å². The molecule has 7 heteroatoms. The molecule has 0 saturated heterocycles. The van der Waals surface area contributed by atoms with Crippen LogP contribution in [0.4, 0.5) is 11.8 Å². The van der Waals surface area contributed by atoms with Crippen molar-refractivity contribution in [1.29, 1.82) is 0 Å². The van der Waals surface area contributed by atoms with Gasteiger partial charge in [-0.1, -0.05) is 13.8 Å². The molecule has 2 unspecified atom stereocenters. The Morgan fingerprint density at radius 2 is 2.30 bits per heavy atom. The smallest absolute Gasteiger partial charge is 0.224 e. The Hall–Kier alpha value is -1.89. The van der Waals surface area contributed by atoms with Gasteiger partial charge in [-0.25, -0.2) is 0 Å². The van der Waals surface area contributed by atoms with Crippen molar-refractivity contribution in [3.05, 3.63) is 6.20 Å². The van der Waals surface area contributed by atoms with Gasteiger partial charge in [-0.15, -0.1) is 0 Å². The van der Waals surface area contributed by atoms with Gasteiger partial charge in [0.25, 0.3) is 0 Å². The summed E-state index contributed by atoms with van der Waals surface area (Å²) in [7, 11) is 0. The summed E-state index contributed by atoms with van der Waals surface area (Å²) in [6, 6.07) is 0.298. The third-order valence-corrected chi connectivity index (χ3v) is 4.18. The lowest BCUT2D eigenvalue weighted by atomic mass is 9.64. The standard InChI is InChI=1S/C13H20N6O/c1-4-20-9-5-8(13(9,2)3)16-10-7-6-15-19-11(7)18-12(14)17-10/h6,8-9H,4-5H2,1-3H3,(H4,14,15,16,17,18,19). The average molecular weight is 276 g/mol. The van der Waals surface area contributed by atoms with Gasteiger partial charge in [0.05, 0.1) is 17.7 Å². The van der Waals surface area contributed by atoms with Gasteiger partial charge < -0.3 is 15.8 Å². The lowest BCUT2D eigenvalue weighted by molar-refractivity contribution is -0.0976. The highest BCUT2D eigenvalue weighted by molar-refractivity contribution is 5.87. The Morgan fingerprint density at radius 1 is 1.50 bits per heavy atom. The number of nitrogens with zero attached hydrogens (tertiary/aromatic N) is 3. The van der Waals surface area contributed by atoms with Crippen LogP contribution in [0, 0.1) is 5.41 Å². The number of nitrogen functional groups attached to an aromatic ring is 1. The second-order valence-corrected chi connectivity index (χ2v) is 5.76. The molecular formula is C13H20N6O. The van der Waals surface area contributed by atoms with E-state index in [0.717, 1.165) is 24.2 Å². The summed E-state index contributed by atoms with van der Waals surface area (Å²) in [4.78, 5) is 8.40. The molecule has 1 saturated carbocycles. The highest BCUT2D eigenvalue weighted by Crippen LogP contribution is 2.44. The molecule has 0 radical (unpaired) electrons. The van der Waals surface area contributed by atoms with Crippen LogP contribution in [-0.4, -0.2) is 38.9 Å². The molecule has 108 valence electrons. The number of hydrogen-bond donors (Lipinski definition) is 3. The van der Waals surface area contributed by atoms with Crippen LogP contribution in [0.25, 0.3) is 11.0 Å². The normalized spacial score (nSPS) is 24.6. The summed E-state index contributed by atoms with van der Waals surface area (Å²) in [5.74, 6) is 0.969. The van der Waals surface area contributed by atoms with Crippen molar-refractivity contribution >= 4 is 22.8 Å². The van der Waals surface area contributed by atoms with E-state index in [-0.39, 0.29) is 17.5 Å². The van der Waals surface area contributed by atoms with E-state index in [1.165, 1.54) is 0 Å². The Balaban J connectivity index is 1.83. The van der Waals surface area contributed by atoms with Crippen LogP contribution in [0.3, 0.4) is 0 Å². The molecule has 2 heterocycles. The fraction of sp³-hybridized carbons (Fsp3) is 0.615. The van der Waals surface area contributed by atoms with Gasteiger partial charge in [0, 0.05) is 18.1 Å². The minimum absolute atomic E-state index is 0.0613. The van der Waals surface area contributed by atoms with E-state index in [0.29, 0.717) is 11.7 Å². The summed E-state index contributed by atoms with van der Waals surface area (Å²) in [5.41, 5.74) is 6.44. The molecule has 0 spiro atoms. The number of ether oxygens (including phenoxy) is 1. The molecule has 0 aromatic carbocycles. The van der Waals surface area contributed by atoms with Crippen LogP contribution in [0.1, 0.15) is 27.2 Å². The molecule has 2 aromatic heterocycles. The molecule has 1 aliphatic rings. The topological polar surface area (TPSA) is 102 Å². The zero-order valence-electron chi connectivity index (χ0n) is 12.0. The first-order chi connectivity index (χ1) is 9.52. The summed E-state index contributed by atoms with van der Waals surface area (Å²) in [5, 5.41) is 11.1. The minimum atomic E-state index is 0.0613. The van der Waals surface area contributed by atoms with Crippen molar-refractivity contribution < 1.29 is 4.74 Å². The van der Waals surface area contributed by atoms with Crippen LogP contribution in [0.2, 0.25) is 0 Å². The lowest BCUT2D eigenvalue weighted by Crippen LogP contribution is -2.58. The van der Waals surface area contributed by atoms with Crippen molar-refractivity contribution in [2.45, 2.75) is 39.3 Å². The number of nitrogens with one attached hydrogen (secondary N) is 2. The van der Waals surface area contributed by atoms with E-state index in [9.17, 15) is 0 Å². The number of aromatic nitrogens is 4. The van der Waals surface area contributed by atoms with Gasteiger partial charge in [0.2, 0.25) is 5.95 Å². The Labute approximate surface area is 117 Å². The minimum Gasteiger partial charge on any atom is -0.378 e. The Bertz CT molecular complexity index is 622. The zero-order chi connectivity index (χ0) is 14.3. The van der Waals surface area contributed by atoms with E-state index in [1.54, 1.807) is 6.20 Å². The first-order valence-corrected chi connectivity index (χ1v) is 6.87. The van der Waals surface area contributed by atoms with Crippen LogP contribution in [0.15, 0.2) is 6.20 Å². The number of anilines is 2. The van der Waals surface area contributed by atoms with Gasteiger partial charge in [0.15, 0.2) is 5.65 Å².